The zero-order valence-corrected chi connectivity index (χ0v) is 13.0. The van der Waals surface area contributed by atoms with Crippen LogP contribution in [0.25, 0.3) is 0 Å². The highest BCUT2D eigenvalue weighted by molar-refractivity contribution is 4.81. The maximum Gasteiger partial charge on any atom is -0.0368 e. The van der Waals surface area contributed by atoms with E-state index in [-0.39, 0.29) is 0 Å². The van der Waals surface area contributed by atoms with Crippen LogP contribution in [0.2, 0.25) is 0 Å². The van der Waals surface area contributed by atoms with Crippen LogP contribution in [-0.2, 0) is 0 Å². The van der Waals surface area contributed by atoms with Crippen molar-refractivity contribution in [3.05, 3.63) is 0 Å². The second-order valence-electron chi connectivity index (χ2n) is 7.21. The van der Waals surface area contributed by atoms with Gasteiger partial charge in [-0.1, -0.05) is 48.0 Å². The first kappa shape index (κ1) is 15.1. The van der Waals surface area contributed by atoms with E-state index < -0.39 is 0 Å². The quantitative estimate of drug-likeness (QED) is 0.551. The van der Waals surface area contributed by atoms with Crippen LogP contribution in [0.4, 0.5) is 0 Å². The Morgan fingerprint density at radius 2 is 1.59 bits per heavy atom. The van der Waals surface area contributed by atoms with E-state index in [1.807, 2.05) is 0 Å². The summed E-state index contributed by atoms with van der Waals surface area (Å²) in [4.78, 5) is 0. The Bertz CT molecular complexity index is 196. The van der Waals surface area contributed by atoms with Crippen LogP contribution < -0.4 is 0 Å². The molecule has 1 fully saturated rings. The smallest absolute Gasteiger partial charge is 0.0368 e. The van der Waals surface area contributed by atoms with Crippen molar-refractivity contribution in [2.24, 2.45) is 35.5 Å². The third-order valence-corrected chi connectivity index (χ3v) is 5.31. The van der Waals surface area contributed by atoms with Crippen molar-refractivity contribution in [1.82, 2.24) is 0 Å². The molecule has 1 rings (SSSR count). The lowest BCUT2D eigenvalue weighted by atomic mass is 9.79. The maximum atomic E-state index is 2.49. The molecule has 1 aliphatic rings. The number of hydrogen-bond donors (Lipinski definition) is 0. The molecule has 17 heavy (non-hydrogen) atoms. The Kier molecular flexibility index (Phi) is 6.03. The van der Waals surface area contributed by atoms with Gasteiger partial charge in [-0.2, -0.15) is 0 Å². The molecule has 0 aromatic carbocycles. The standard InChI is InChI=1S/C17H34/c1-7-15-10-14(6)16(11-15)8-9-17(12(2)3)13(4)5/h12-17H,7-11H2,1-6H3. The first-order valence-corrected chi connectivity index (χ1v) is 7.95. The minimum absolute atomic E-state index is 0.855. The third-order valence-electron chi connectivity index (χ3n) is 5.31. The minimum Gasteiger partial charge on any atom is -0.0651 e. The molecule has 0 heteroatoms. The van der Waals surface area contributed by atoms with Gasteiger partial charge in [0.2, 0.25) is 0 Å². The van der Waals surface area contributed by atoms with Gasteiger partial charge in [0.15, 0.2) is 0 Å². The Morgan fingerprint density at radius 3 is 2.00 bits per heavy atom. The van der Waals surface area contributed by atoms with Crippen LogP contribution in [0.1, 0.15) is 73.6 Å². The van der Waals surface area contributed by atoms with Gasteiger partial charge < -0.3 is 0 Å². The summed E-state index contributed by atoms with van der Waals surface area (Å²) in [5.41, 5.74) is 0. The fourth-order valence-electron chi connectivity index (χ4n) is 4.05. The van der Waals surface area contributed by atoms with E-state index in [1.165, 1.54) is 32.1 Å². The molecule has 0 saturated heterocycles. The van der Waals surface area contributed by atoms with Gasteiger partial charge >= 0.3 is 0 Å². The fraction of sp³-hybridized carbons (Fsp3) is 1.00. The van der Waals surface area contributed by atoms with Gasteiger partial charge in [0.25, 0.3) is 0 Å². The molecule has 0 N–H and O–H groups in total. The second-order valence-corrected chi connectivity index (χ2v) is 7.21. The molecule has 3 atom stereocenters. The topological polar surface area (TPSA) is 0 Å². The van der Waals surface area contributed by atoms with Crippen LogP contribution in [-0.4, -0.2) is 0 Å². The molecule has 1 aliphatic carbocycles. The molecule has 0 aliphatic heterocycles. The van der Waals surface area contributed by atoms with Crippen molar-refractivity contribution in [2.75, 3.05) is 0 Å². The number of rotatable bonds is 6. The van der Waals surface area contributed by atoms with Crippen LogP contribution in [0.3, 0.4) is 0 Å². The first-order chi connectivity index (χ1) is 7.95. The first-order valence-electron chi connectivity index (χ1n) is 7.95. The minimum atomic E-state index is 0.855. The normalized spacial score (nSPS) is 29.8. The van der Waals surface area contributed by atoms with E-state index in [2.05, 4.69) is 41.5 Å². The van der Waals surface area contributed by atoms with Crippen LogP contribution in [0.5, 0.6) is 0 Å². The molecule has 3 unspecified atom stereocenters. The van der Waals surface area contributed by atoms with Crippen molar-refractivity contribution in [1.29, 1.82) is 0 Å². The summed E-state index contributed by atoms with van der Waals surface area (Å²) in [6.07, 6.45) is 7.36. The van der Waals surface area contributed by atoms with Crippen molar-refractivity contribution in [3.63, 3.8) is 0 Å². The van der Waals surface area contributed by atoms with Crippen molar-refractivity contribution < 1.29 is 0 Å². The molecule has 0 nitrogen and oxygen atoms in total. The highest BCUT2D eigenvalue weighted by atomic mass is 14.4. The maximum absolute atomic E-state index is 2.49. The van der Waals surface area contributed by atoms with Gasteiger partial charge in [0, 0.05) is 0 Å². The molecule has 0 amide bonds. The average molecular weight is 238 g/mol. The summed E-state index contributed by atoms with van der Waals surface area (Å²) in [5, 5.41) is 0. The zero-order chi connectivity index (χ0) is 13.0. The van der Waals surface area contributed by atoms with Crippen LogP contribution in [0, 0.1) is 35.5 Å². The van der Waals surface area contributed by atoms with E-state index >= 15 is 0 Å². The van der Waals surface area contributed by atoms with Crippen molar-refractivity contribution in [3.8, 4) is 0 Å². The summed E-state index contributed by atoms with van der Waals surface area (Å²) in [6.45, 7) is 14.5. The molecule has 102 valence electrons. The van der Waals surface area contributed by atoms with Crippen LogP contribution >= 0.6 is 0 Å². The molecular formula is C17H34. The molecular weight excluding hydrogens is 204 g/mol. The Labute approximate surface area is 110 Å². The molecule has 0 aromatic rings. The van der Waals surface area contributed by atoms with Crippen molar-refractivity contribution >= 4 is 0 Å². The number of hydrogen-bond acceptors (Lipinski definition) is 0. The Morgan fingerprint density at radius 1 is 1.00 bits per heavy atom. The summed E-state index contributed by atoms with van der Waals surface area (Å²) in [5.74, 6) is 5.69. The largest absolute Gasteiger partial charge is 0.0651 e. The molecule has 0 bridgehead atoms. The lowest BCUT2D eigenvalue weighted by molar-refractivity contribution is 0.235. The highest BCUT2D eigenvalue weighted by Crippen LogP contribution is 2.41. The molecule has 0 spiro atoms. The SMILES string of the molecule is CCC1CC(C)C(CCC(C(C)C)C(C)C)C1. The average Bonchev–Trinajstić information content (AvgIpc) is 2.59. The van der Waals surface area contributed by atoms with Crippen LogP contribution in [0.15, 0.2) is 0 Å². The molecule has 0 aromatic heterocycles. The van der Waals surface area contributed by atoms with E-state index in [4.69, 9.17) is 0 Å². The lowest BCUT2D eigenvalue weighted by Gasteiger charge is -2.27. The molecule has 1 saturated carbocycles. The van der Waals surface area contributed by atoms with Gasteiger partial charge in [-0.25, -0.2) is 0 Å². The fourth-order valence-corrected chi connectivity index (χ4v) is 4.05. The van der Waals surface area contributed by atoms with E-state index in [0.29, 0.717) is 0 Å². The van der Waals surface area contributed by atoms with E-state index in [1.54, 1.807) is 0 Å². The van der Waals surface area contributed by atoms with Gasteiger partial charge in [-0.05, 0) is 61.2 Å². The van der Waals surface area contributed by atoms with E-state index in [9.17, 15) is 0 Å². The van der Waals surface area contributed by atoms with Gasteiger partial charge in [0.05, 0.1) is 0 Å². The Hall–Kier alpha value is 0. The van der Waals surface area contributed by atoms with Gasteiger partial charge in [-0.3, -0.25) is 0 Å². The van der Waals surface area contributed by atoms with E-state index in [0.717, 1.165) is 35.5 Å². The zero-order valence-electron chi connectivity index (χ0n) is 13.0. The summed E-state index contributed by atoms with van der Waals surface area (Å²) in [6, 6.07) is 0. The summed E-state index contributed by atoms with van der Waals surface area (Å²) < 4.78 is 0. The van der Waals surface area contributed by atoms with Crippen molar-refractivity contribution in [2.45, 2.75) is 73.6 Å². The predicted molar refractivity (Wildman–Crippen MR) is 78.1 cm³/mol. The predicted octanol–water partition coefficient (Wildman–Crippen LogP) is 5.77. The monoisotopic (exact) mass is 238 g/mol. The highest BCUT2D eigenvalue weighted by Gasteiger charge is 2.30. The lowest BCUT2D eigenvalue weighted by Crippen LogP contribution is -2.17. The summed E-state index contributed by atoms with van der Waals surface area (Å²) >= 11 is 0. The Balaban J connectivity index is 2.39. The molecule has 0 radical (unpaired) electrons. The second kappa shape index (κ2) is 6.81. The van der Waals surface area contributed by atoms with Gasteiger partial charge in [0.1, 0.15) is 0 Å². The summed E-state index contributed by atoms with van der Waals surface area (Å²) in [7, 11) is 0. The van der Waals surface area contributed by atoms with Gasteiger partial charge in [-0.15, -0.1) is 0 Å². The molecule has 0 heterocycles. The third kappa shape index (κ3) is 4.30.